The minimum absolute atomic E-state index is 0.133. The van der Waals surface area contributed by atoms with Crippen molar-refractivity contribution in [2.75, 3.05) is 0 Å². The van der Waals surface area contributed by atoms with E-state index in [9.17, 15) is 15.2 Å². The molecule has 21 heavy (non-hydrogen) atoms. The molecule has 110 valence electrons. The Morgan fingerprint density at radius 3 is 2.43 bits per heavy atom. The molecule has 7 heteroatoms. The maximum absolute atomic E-state index is 10.8. The van der Waals surface area contributed by atoms with Crippen molar-refractivity contribution in [1.82, 2.24) is 0 Å². The predicted molar refractivity (Wildman–Crippen MR) is 80.3 cm³/mol. The van der Waals surface area contributed by atoms with E-state index in [1.807, 2.05) is 0 Å². The van der Waals surface area contributed by atoms with Gasteiger partial charge in [0, 0.05) is 6.07 Å². The highest BCUT2D eigenvalue weighted by Crippen LogP contribution is 2.36. The van der Waals surface area contributed by atoms with Gasteiger partial charge in [-0.1, -0.05) is 29.3 Å². The van der Waals surface area contributed by atoms with Gasteiger partial charge in [0.2, 0.25) is 0 Å². The standard InChI is InChI=1S/C14H11Cl2NO4/c1-8(18)9-2-5-13(12(16)6-9)21-14-7-10(17(19)20)3-4-11(14)15/h2-8,18H,1H3/t8-/m1/s1. The summed E-state index contributed by atoms with van der Waals surface area (Å²) in [6.07, 6.45) is -0.655. The molecule has 0 aromatic heterocycles. The highest BCUT2D eigenvalue weighted by atomic mass is 35.5. The van der Waals surface area contributed by atoms with Crippen LogP contribution in [0.4, 0.5) is 5.69 Å². The summed E-state index contributed by atoms with van der Waals surface area (Å²) in [4.78, 5) is 10.2. The molecule has 1 atom stereocenters. The van der Waals surface area contributed by atoms with Gasteiger partial charge in [-0.3, -0.25) is 10.1 Å². The number of nitro groups is 1. The average Bonchev–Trinajstić information content (AvgIpc) is 2.42. The largest absolute Gasteiger partial charge is 0.454 e. The number of non-ortho nitro benzene ring substituents is 1. The molecule has 0 spiro atoms. The number of aliphatic hydroxyl groups excluding tert-OH is 1. The number of ether oxygens (including phenoxy) is 1. The second-order valence-electron chi connectivity index (χ2n) is 4.34. The average molecular weight is 328 g/mol. The third kappa shape index (κ3) is 3.64. The summed E-state index contributed by atoms with van der Waals surface area (Å²) in [6.45, 7) is 1.61. The van der Waals surface area contributed by atoms with Crippen molar-refractivity contribution < 1.29 is 14.8 Å². The van der Waals surface area contributed by atoms with Crippen molar-refractivity contribution in [3.8, 4) is 11.5 Å². The molecular weight excluding hydrogens is 317 g/mol. The van der Waals surface area contributed by atoms with Crippen LogP contribution in [0.1, 0.15) is 18.6 Å². The Bertz CT molecular complexity index is 689. The van der Waals surface area contributed by atoms with Gasteiger partial charge in [-0.05, 0) is 30.7 Å². The van der Waals surface area contributed by atoms with Crippen LogP contribution in [0.3, 0.4) is 0 Å². The van der Waals surface area contributed by atoms with E-state index in [4.69, 9.17) is 27.9 Å². The van der Waals surface area contributed by atoms with Crippen LogP contribution < -0.4 is 4.74 Å². The predicted octanol–water partition coefficient (Wildman–Crippen LogP) is 4.75. The van der Waals surface area contributed by atoms with Crippen LogP contribution in [0.15, 0.2) is 36.4 Å². The van der Waals surface area contributed by atoms with Crippen LogP contribution in [0.2, 0.25) is 10.0 Å². The molecule has 1 N–H and O–H groups in total. The maximum atomic E-state index is 10.8. The number of hydrogen-bond acceptors (Lipinski definition) is 4. The molecule has 0 unspecified atom stereocenters. The highest BCUT2D eigenvalue weighted by Gasteiger charge is 2.13. The fraction of sp³-hybridized carbons (Fsp3) is 0.143. The SMILES string of the molecule is C[C@@H](O)c1ccc(Oc2cc([N+](=O)[O-])ccc2Cl)c(Cl)c1. The molecule has 2 aromatic carbocycles. The van der Waals surface area contributed by atoms with Gasteiger partial charge in [-0.2, -0.15) is 0 Å². The first-order valence-corrected chi connectivity index (χ1v) is 6.73. The number of nitrogens with zero attached hydrogens (tertiary/aromatic N) is 1. The Morgan fingerprint density at radius 1 is 1.14 bits per heavy atom. The van der Waals surface area contributed by atoms with E-state index in [1.165, 1.54) is 18.2 Å². The fourth-order valence-corrected chi connectivity index (χ4v) is 2.05. The Labute approximate surface area is 130 Å². The first-order valence-electron chi connectivity index (χ1n) is 5.98. The molecule has 0 heterocycles. The summed E-state index contributed by atoms with van der Waals surface area (Å²) in [5.41, 5.74) is 0.503. The van der Waals surface area contributed by atoms with E-state index < -0.39 is 11.0 Å². The number of nitro benzene ring substituents is 1. The third-order valence-corrected chi connectivity index (χ3v) is 3.39. The molecule has 0 saturated carbocycles. The summed E-state index contributed by atoms with van der Waals surface area (Å²) in [5.74, 6) is 0.432. The van der Waals surface area contributed by atoms with Crippen LogP contribution in [-0.2, 0) is 0 Å². The van der Waals surface area contributed by atoms with Crippen LogP contribution in [0, 0.1) is 10.1 Å². The number of rotatable bonds is 4. The lowest BCUT2D eigenvalue weighted by atomic mass is 10.1. The normalized spacial score (nSPS) is 12.0. The number of aliphatic hydroxyl groups is 1. The van der Waals surface area contributed by atoms with E-state index in [1.54, 1.807) is 25.1 Å². The topological polar surface area (TPSA) is 72.6 Å². The van der Waals surface area contributed by atoms with Crippen LogP contribution >= 0.6 is 23.2 Å². The van der Waals surface area contributed by atoms with E-state index >= 15 is 0 Å². The molecule has 0 saturated heterocycles. The van der Waals surface area contributed by atoms with Crippen molar-refractivity contribution in [2.24, 2.45) is 0 Å². The van der Waals surface area contributed by atoms with Gasteiger partial charge in [0.15, 0.2) is 5.75 Å². The van der Waals surface area contributed by atoms with Gasteiger partial charge >= 0.3 is 0 Å². The first kappa shape index (κ1) is 15.6. The van der Waals surface area contributed by atoms with Gasteiger partial charge < -0.3 is 9.84 Å². The molecular formula is C14H11Cl2NO4. The van der Waals surface area contributed by atoms with Gasteiger partial charge in [0.1, 0.15) is 5.75 Å². The molecule has 2 aromatic rings. The molecule has 0 aliphatic carbocycles. The summed E-state index contributed by atoms with van der Waals surface area (Å²) >= 11 is 12.0. The maximum Gasteiger partial charge on any atom is 0.273 e. The Kier molecular flexibility index (Phi) is 4.67. The smallest absolute Gasteiger partial charge is 0.273 e. The zero-order valence-electron chi connectivity index (χ0n) is 10.9. The number of benzene rings is 2. The zero-order valence-corrected chi connectivity index (χ0v) is 12.4. The van der Waals surface area contributed by atoms with E-state index in [-0.39, 0.29) is 21.5 Å². The quantitative estimate of drug-likeness (QED) is 0.649. The molecule has 0 radical (unpaired) electrons. The van der Waals surface area contributed by atoms with Gasteiger partial charge in [-0.15, -0.1) is 0 Å². The van der Waals surface area contributed by atoms with Crippen molar-refractivity contribution in [3.05, 3.63) is 62.1 Å². The lowest BCUT2D eigenvalue weighted by molar-refractivity contribution is -0.384. The van der Waals surface area contributed by atoms with Crippen LogP contribution in [0.25, 0.3) is 0 Å². The minimum Gasteiger partial charge on any atom is -0.454 e. The second kappa shape index (κ2) is 6.30. The minimum atomic E-state index is -0.655. The number of hydrogen-bond donors (Lipinski definition) is 1. The van der Waals surface area contributed by atoms with Crippen LogP contribution in [-0.4, -0.2) is 10.0 Å². The molecule has 2 rings (SSSR count). The second-order valence-corrected chi connectivity index (χ2v) is 5.15. The van der Waals surface area contributed by atoms with Gasteiger partial charge in [0.25, 0.3) is 5.69 Å². The molecule has 0 fully saturated rings. The molecule has 0 aliphatic heterocycles. The van der Waals surface area contributed by atoms with Gasteiger partial charge in [-0.25, -0.2) is 0 Å². The van der Waals surface area contributed by atoms with Gasteiger partial charge in [0.05, 0.1) is 27.1 Å². The lowest BCUT2D eigenvalue weighted by Crippen LogP contribution is -1.93. The summed E-state index contributed by atoms with van der Waals surface area (Å²) < 4.78 is 5.52. The Hall–Kier alpha value is -1.82. The van der Waals surface area contributed by atoms with Crippen molar-refractivity contribution in [1.29, 1.82) is 0 Å². The van der Waals surface area contributed by atoms with E-state index in [0.29, 0.717) is 11.3 Å². The van der Waals surface area contributed by atoms with Crippen molar-refractivity contribution in [2.45, 2.75) is 13.0 Å². The lowest BCUT2D eigenvalue weighted by Gasteiger charge is -2.11. The number of halogens is 2. The molecule has 0 aliphatic rings. The summed E-state index contributed by atoms with van der Waals surface area (Å²) in [7, 11) is 0. The highest BCUT2D eigenvalue weighted by molar-refractivity contribution is 6.33. The third-order valence-electron chi connectivity index (χ3n) is 2.78. The Balaban J connectivity index is 2.34. The van der Waals surface area contributed by atoms with Crippen molar-refractivity contribution in [3.63, 3.8) is 0 Å². The fourth-order valence-electron chi connectivity index (χ4n) is 1.66. The first-order chi connectivity index (χ1) is 9.88. The summed E-state index contributed by atoms with van der Waals surface area (Å²) in [6, 6.07) is 8.67. The molecule has 5 nitrogen and oxygen atoms in total. The molecule has 0 bridgehead atoms. The zero-order chi connectivity index (χ0) is 15.6. The Morgan fingerprint density at radius 2 is 1.86 bits per heavy atom. The monoisotopic (exact) mass is 327 g/mol. The van der Waals surface area contributed by atoms with Crippen LogP contribution in [0.5, 0.6) is 11.5 Å². The molecule has 0 amide bonds. The van der Waals surface area contributed by atoms with E-state index in [0.717, 1.165) is 0 Å². The van der Waals surface area contributed by atoms with Crippen molar-refractivity contribution >= 4 is 28.9 Å². The summed E-state index contributed by atoms with van der Waals surface area (Å²) in [5, 5.41) is 20.7. The van der Waals surface area contributed by atoms with E-state index in [2.05, 4.69) is 0 Å².